The van der Waals surface area contributed by atoms with Crippen molar-refractivity contribution in [2.75, 3.05) is 6.61 Å². The van der Waals surface area contributed by atoms with E-state index in [1.807, 2.05) is 6.92 Å². The van der Waals surface area contributed by atoms with Crippen LogP contribution >= 0.6 is 11.6 Å². The molecule has 0 aliphatic carbocycles. The van der Waals surface area contributed by atoms with Gasteiger partial charge < -0.3 is 4.74 Å². The van der Waals surface area contributed by atoms with Crippen molar-refractivity contribution in [3.05, 3.63) is 34.3 Å². The molecule has 0 saturated heterocycles. The third kappa shape index (κ3) is 2.46. The molecule has 0 amide bonds. The molecule has 0 spiro atoms. The van der Waals surface area contributed by atoms with Crippen LogP contribution < -0.4 is 0 Å². The van der Waals surface area contributed by atoms with E-state index in [9.17, 15) is 4.79 Å². The van der Waals surface area contributed by atoms with Crippen molar-refractivity contribution in [2.24, 2.45) is 0 Å². The van der Waals surface area contributed by atoms with Gasteiger partial charge in [-0.15, -0.1) is 0 Å². The van der Waals surface area contributed by atoms with E-state index in [4.69, 9.17) is 16.3 Å². The number of hydrogen-bond acceptors (Lipinski definition) is 2. The summed E-state index contributed by atoms with van der Waals surface area (Å²) in [5, 5.41) is 0.425. The Balaban J connectivity index is 2.99. The predicted octanol–water partition coefficient (Wildman–Crippen LogP) is 2.63. The summed E-state index contributed by atoms with van der Waals surface area (Å²) in [5.41, 5.74) is 1.33. The Morgan fingerprint density at radius 2 is 2.38 bits per heavy atom. The average molecular weight is 198 g/mol. The van der Waals surface area contributed by atoms with Crippen molar-refractivity contribution >= 4 is 17.6 Å². The number of hydrogen-bond donors (Lipinski definition) is 0. The highest BCUT2D eigenvalue weighted by atomic mass is 35.5. The van der Waals surface area contributed by atoms with Gasteiger partial charge in [-0.25, -0.2) is 4.79 Å². The summed E-state index contributed by atoms with van der Waals surface area (Å²) in [6.45, 7) is 3.96. The minimum absolute atomic E-state index is 0.337. The molecule has 0 N–H and O–H groups in total. The van der Waals surface area contributed by atoms with Gasteiger partial charge >= 0.3 is 5.97 Å². The monoisotopic (exact) mass is 197 g/mol. The highest BCUT2D eigenvalue weighted by Gasteiger charge is 2.09. The summed E-state index contributed by atoms with van der Waals surface area (Å²) >= 11 is 5.70. The van der Waals surface area contributed by atoms with E-state index in [2.05, 4.69) is 6.07 Å². The van der Waals surface area contributed by atoms with Gasteiger partial charge in [0.15, 0.2) is 0 Å². The molecule has 69 valence electrons. The second-order valence-corrected chi connectivity index (χ2v) is 3.01. The van der Waals surface area contributed by atoms with Crippen LogP contribution in [-0.4, -0.2) is 12.6 Å². The lowest BCUT2D eigenvalue weighted by Crippen LogP contribution is -2.06. The smallest absolute Gasteiger partial charge is 0.338 e. The largest absolute Gasteiger partial charge is 0.462 e. The van der Waals surface area contributed by atoms with E-state index in [1.54, 1.807) is 19.1 Å². The molecule has 0 heterocycles. The van der Waals surface area contributed by atoms with Crippen LogP contribution in [0.2, 0.25) is 5.02 Å². The van der Waals surface area contributed by atoms with Crippen LogP contribution in [0.5, 0.6) is 0 Å². The second kappa shape index (κ2) is 4.28. The lowest BCUT2D eigenvalue weighted by Gasteiger charge is -2.04. The van der Waals surface area contributed by atoms with Gasteiger partial charge in [0.05, 0.1) is 12.2 Å². The Morgan fingerprint density at radius 1 is 1.69 bits per heavy atom. The van der Waals surface area contributed by atoms with E-state index < -0.39 is 0 Å². The zero-order valence-electron chi connectivity index (χ0n) is 7.56. The molecular formula is C10H10ClO2. The summed E-state index contributed by atoms with van der Waals surface area (Å²) in [5.74, 6) is -0.337. The number of carbonyl (C=O) groups is 1. The SMILES string of the molecule is CCOC(=O)c1cc(Cl)[c]cc1C. The number of rotatable bonds is 2. The molecule has 1 aromatic carbocycles. The van der Waals surface area contributed by atoms with Gasteiger partial charge in [0, 0.05) is 11.1 Å². The number of esters is 1. The summed E-state index contributed by atoms with van der Waals surface area (Å²) in [6.07, 6.45) is 0. The normalized spacial score (nSPS) is 9.77. The minimum atomic E-state index is -0.337. The Bertz CT molecular complexity index is 321. The quantitative estimate of drug-likeness (QED) is 0.682. The lowest BCUT2D eigenvalue weighted by molar-refractivity contribution is 0.0525. The fraction of sp³-hybridized carbons (Fsp3) is 0.300. The van der Waals surface area contributed by atoms with Crippen molar-refractivity contribution in [3.8, 4) is 0 Å². The van der Waals surface area contributed by atoms with Crippen LogP contribution in [0.15, 0.2) is 12.1 Å². The summed E-state index contributed by atoms with van der Waals surface area (Å²) in [7, 11) is 0. The molecule has 2 nitrogen and oxygen atoms in total. The molecule has 0 saturated carbocycles. The molecule has 1 aromatic rings. The summed E-state index contributed by atoms with van der Waals surface area (Å²) < 4.78 is 4.85. The van der Waals surface area contributed by atoms with Crippen LogP contribution in [0, 0.1) is 13.0 Å². The van der Waals surface area contributed by atoms with Crippen LogP contribution in [0.25, 0.3) is 0 Å². The molecule has 0 fully saturated rings. The first-order valence-electron chi connectivity index (χ1n) is 4.00. The van der Waals surface area contributed by atoms with Gasteiger partial charge in [-0.2, -0.15) is 0 Å². The van der Waals surface area contributed by atoms with Gasteiger partial charge in [-0.05, 0) is 31.5 Å². The highest BCUT2D eigenvalue weighted by Crippen LogP contribution is 2.15. The minimum Gasteiger partial charge on any atom is -0.462 e. The molecule has 0 unspecified atom stereocenters. The fourth-order valence-corrected chi connectivity index (χ4v) is 1.13. The highest BCUT2D eigenvalue weighted by molar-refractivity contribution is 6.30. The first-order chi connectivity index (χ1) is 6.15. The van der Waals surface area contributed by atoms with Crippen molar-refractivity contribution in [1.82, 2.24) is 0 Å². The first-order valence-corrected chi connectivity index (χ1v) is 4.38. The molecular weight excluding hydrogens is 188 g/mol. The zero-order valence-corrected chi connectivity index (χ0v) is 8.31. The Morgan fingerprint density at radius 3 is 3.00 bits per heavy atom. The Labute approximate surface area is 82.5 Å². The molecule has 0 aromatic heterocycles. The number of halogens is 1. The molecule has 3 heteroatoms. The lowest BCUT2D eigenvalue weighted by atomic mass is 10.1. The van der Waals surface area contributed by atoms with Crippen LogP contribution in [0.4, 0.5) is 0 Å². The predicted molar refractivity (Wildman–Crippen MR) is 51.0 cm³/mol. The molecule has 1 rings (SSSR count). The van der Waals surface area contributed by atoms with Gasteiger partial charge in [0.25, 0.3) is 0 Å². The van der Waals surface area contributed by atoms with Crippen molar-refractivity contribution in [3.63, 3.8) is 0 Å². The van der Waals surface area contributed by atoms with Gasteiger partial charge in [0.1, 0.15) is 0 Å². The molecule has 0 aliphatic heterocycles. The van der Waals surface area contributed by atoms with Crippen LogP contribution in [-0.2, 0) is 4.74 Å². The first kappa shape index (κ1) is 10.1. The maximum absolute atomic E-state index is 11.3. The van der Waals surface area contributed by atoms with Gasteiger partial charge in [-0.1, -0.05) is 11.6 Å². The average Bonchev–Trinajstić information content (AvgIpc) is 2.09. The fourth-order valence-electron chi connectivity index (χ4n) is 0.966. The zero-order chi connectivity index (χ0) is 9.84. The topological polar surface area (TPSA) is 26.3 Å². The maximum atomic E-state index is 11.3. The number of ether oxygens (including phenoxy) is 1. The number of carbonyl (C=O) groups excluding carboxylic acids is 1. The molecule has 1 radical (unpaired) electrons. The van der Waals surface area contributed by atoms with Crippen LogP contribution in [0.3, 0.4) is 0 Å². The summed E-state index contributed by atoms with van der Waals surface area (Å²) in [4.78, 5) is 11.3. The van der Waals surface area contributed by atoms with Crippen LogP contribution in [0.1, 0.15) is 22.8 Å². The van der Waals surface area contributed by atoms with Crippen molar-refractivity contribution in [2.45, 2.75) is 13.8 Å². The van der Waals surface area contributed by atoms with Gasteiger partial charge in [0.2, 0.25) is 0 Å². The van der Waals surface area contributed by atoms with E-state index in [1.165, 1.54) is 0 Å². The second-order valence-electron chi connectivity index (χ2n) is 2.60. The van der Waals surface area contributed by atoms with E-state index >= 15 is 0 Å². The molecule has 13 heavy (non-hydrogen) atoms. The van der Waals surface area contributed by atoms with Crippen molar-refractivity contribution in [1.29, 1.82) is 0 Å². The van der Waals surface area contributed by atoms with Crippen molar-refractivity contribution < 1.29 is 9.53 Å². The molecule has 0 bridgehead atoms. The number of benzene rings is 1. The Hall–Kier alpha value is -1.02. The maximum Gasteiger partial charge on any atom is 0.338 e. The van der Waals surface area contributed by atoms with E-state index in [-0.39, 0.29) is 5.97 Å². The summed E-state index contributed by atoms with van der Waals surface area (Å²) in [6, 6.07) is 6.03. The van der Waals surface area contributed by atoms with Gasteiger partial charge in [-0.3, -0.25) is 0 Å². The third-order valence-electron chi connectivity index (χ3n) is 1.62. The van der Waals surface area contributed by atoms with E-state index in [0.29, 0.717) is 17.2 Å². The third-order valence-corrected chi connectivity index (χ3v) is 1.84. The van der Waals surface area contributed by atoms with E-state index in [0.717, 1.165) is 5.56 Å². The molecule has 0 aliphatic rings. The molecule has 0 atom stereocenters. The number of aryl methyl sites for hydroxylation is 1. The Kier molecular flexibility index (Phi) is 3.32. The standard InChI is InChI=1S/C10H10ClO2/c1-3-13-10(12)9-6-8(11)5-4-7(9)2/h4,6H,3H2,1-2H3.